The molecule has 4 rings (SSSR count). The third-order valence-electron chi connectivity index (χ3n) is 5.22. The van der Waals surface area contributed by atoms with Crippen molar-refractivity contribution in [3.05, 3.63) is 74.4 Å². The summed E-state index contributed by atoms with van der Waals surface area (Å²) in [6.45, 7) is 11.7. The number of allylic oxidation sites excluding steroid dienone is 1. The van der Waals surface area contributed by atoms with E-state index in [0.29, 0.717) is 28.0 Å². The molecule has 0 fully saturated rings. The molecule has 0 saturated heterocycles. The second-order valence-corrected chi connectivity index (χ2v) is 10.6. The van der Waals surface area contributed by atoms with Gasteiger partial charge in [0, 0.05) is 29.5 Å². The molecule has 0 aliphatic heterocycles. The van der Waals surface area contributed by atoms with Crippen molar-refractivity contribution in [2.45, 2.75) is 45.1 Å². The first kappa shape index (κ1) is 23.4. The van der Waals surface area contributed by atoms with Crippen molar-refractivity contribution >= 4 is 61.4 Å². The molecule has 0 spiro atoms. The molecule has 0 N–H and O–H groups in total. The van der Waals surface area contributed by atoms with E-state index in [1.54, 1.807) is 26.9 Å². The number of aromatic nitrogens is 3. The minimum atomic E-state index is -0.0930. The highest BCUT2D eigenvalue weighted by molar-refractivity contribution is 7.98. The Morgan fingerprint density at radius 2 is 2.06 bits per heavy atom. The molecule has 3 aromatic heterocycles. The van der Waals surface area contributed by atoms with E-state index in [1.807, 2.05) is 50.4 Å². The molecule has 0 aliphatic rings. The fourth-order valence-corrected chi connectivity index (χ4v) is 6.47. The summed E-state index contributed by atoms with van der Waals surface area (Å²) in [5.41, 5.74) is 3.66. The van der Waals surface area contributed by atoms with Crippen LogP contribution in [-0.2, 0) is 17.1 Å². The van der Waals surface area contributed by atoms with Gasteiger partial charge < -0.3 is 0 Å². The van der Waals surface area contributed by atoms with Crippen molar-refractivity contribution in [1.82, 2.24) is 14.5 Å². The fraction of sp³-hybridized carbons (Fsp3) is 0.250. The summed E-state index contributed by atoms with van der Waals surface area (Å²) in [5, 5.41) is 3.91. The normalized spacial score (nSPS) is 11.2. The van der Waals surface area contributed by atoms with Crippen LogP contribution < -0.4 is 10.5 Å². The number of hydrogen-bond donors (Lipinski definition) is 0. The molecule has 6 nitrogen and oxygen atoms in total. The van der Waals surface area contributed by atoms with Gasteiger partial charge in [0.2, 0.25) is 5.91 Å². The summed E-state index contributed by atoms with van der Waals surface area (Å²) in [5.74, 6) is 0.443. The average Bonchev–Trinajstić information content (AvgIpc) is 3.33. The number of aryl methyl sites for hydroxylation is 3. The number of fused-ring (bicyclic) bond motifs is 1. The van der Waals surface area contributed by atoms with Crippen molar-refractivity contribution in [2.24, 2.45) is 0 Å². The topological polar surface area (TPSA) is 68.1 Å². The van der Waals surface area contributed by atoms with Crippen LogP contribution >= 0.6 is 34.4 Å². The predicted molar refractivity (Wildman–Crippen MR) is 139 cm³/mol. The lowest BCUT2D eigenvalue weighted by molar-refractivity contribution is -0.115. The van der Waals surface area contributed by atoms with Crippen molar-refractivity contribution in [1.29, 1.82) is 0 Å². The maximum Gasteiger partial charge on any atom is 0.263 e. The van der Waals surface area contributed by atoms with Gasteiger partial charge in [0.25, 0.3) is 5.56 Å². The number of nitrogens with zero attached hydrogens (tertiary/aromatic N) is 4. The SMILES string of the molecule is C=CCn1c(SCc2csc(N(C(C)=O)c3cccc(C)c3)n2)nc2sc(C)c(C)c2c1=O. The summed E-state index contributed by atoms with van der Waals surface area (Å²) in [6, 6.07) is 7.80. The number of thiazole rings is 1. The Balaban J connectivity index is 1.63. The van der Waals surface area contributed by atoms with Gasteiger partial charge in [-0.2, -0.15) is 0 Å². The number of thioether (sulfide) groups is 1. The van der Waals surface area contributed by atoms with Crippen LogP contribution in [0.3, 0.4) is 0 Å². The van der Waals surface area contributed by atoms with Crippen LogP contribution in [0.4, 0.5) is 10.8 Å². The van der Waals surface area contributed by atoms with Crippen LogP contribution in [0.1, 0.15) is 28.6 Å². The van der Waals surface area contributed by atoms with E-state index in [1.165, 1.54) is 30.0 Å². The zero-order valence-corrected chi connectivity index (χ0v) is 21.4. The van der Waals surface area contributed by atoms with Crippen molar-refractivity contribution in [3.63, 3.8) is 0 Å². The van der Waals surface area contributed by atoms with Gasteiger partial charge in [-0.3, -0.25) is 19.1 Å². The summed E-state index contributed by atoms with van der Waals surface area (Å²) in [7, 11) is 0. The Morgan fingerprint density at radius 3 is 2.76 bits per heavy atom. The standard InChI is InChI=1S/C24H24N4O2S3/c1-6-10-27-22(30)20-15(3)16(4)33-21(20)26-23(27)31-12-18-13-32-24(25-18)28(17(5)29)19-9-7-8-14(2)11-19/h6-9,11,13H,1,10,12H2,2-5H3. The van der Waals surface area contributed by atoms with Crippen molar-refractivity contribution < 1.29 is 4.79 Å². The Hall–Kier alpha value is -2.75. The van der Waals surface area contributed by atoms with E-state index >= 15 is 0 Å². The molecule has 0 bridgehead atoms. The van der Waals surface area contributed by atoms with Gasteiger partial charge in [0.1, 0.15) is 4.83 Å². The smallest absolute Gasteiger partial charge is 0.263 e. The van der Waals surface area contributed by atoms with Gasteiger partial charge in [-0.15, -0.1) is 29.3 Å². The second-order valence-electron chi connectivity index (χ2n) is 7.67. The third kappa shape index (κ3) is 4.66. The van der Waals surface area contributed by atoms with Crippen LogP contribution in [0.25, 0.3) is 10.2 Å². The third-order valence-corrected chi connectivity index (χ3v) is 8.21. The number of benzene rings is 1. The predicted octanol–water partition coefficient (Wildman–Crippen LogP) is 6.00. The monoisotopic (exact) mass is 496 g/mol. The van der Waals surface area contributed by atoms with Gasteiger partial charge in [0.05, 0.1) is 16.8 Å². The highest BCUT2D eigenvalue weighted by Gasteiger charge is 2.20. The van der Waals surface area contributed by atoms with Crippen LogP contribution in [0.15, 0.2) is 52.3 Å². The summed E-state index contributed by atoms with van der Waals surface area (Å²) >= 11 is 4.44. The number of amides is 1. The van der Waals surface area contributed by atoms with Gasteiger partial charge in [-0.05, 0) is 44.0 Å². The second kappa shape index (κ2) is 9.62. The molecule has 33 heavy (non-hydrogen) atoms. The molecule has 0 saturated carbocycles. The van der Waals surface area contributed by atoms with Crippen LogP contribution in [0.2, 0.25) is 0 Å². The molecule has 4 aromatic rings. The lowest BCUT2D eigenvalue weighted by atomic mass is 10.2. The van der Waals surface area contributed by atoms with Gasteiger partial charge >= 0.3 is 0 Å². The first-order chi connectivity index (χ1) is 15.8. The summed E-state index contributed by atoms with van der Waals surface area (Å²) < 4.78 is 1.67. The first-order valence-corrected chi connectivity index (χ1v) is 13.0. The zero-order chi connectivity index (χ0) is 23.7. The fourth-order valence-electron chi connectivity index (χ4n) is 3.51. The van der Waals surface area contributed by atoms with E-state index in [-0.39, 0.29) is 11.5 Å². The Bertz CT molecular complexity index is 1420. The Morgan fingerprint density at radius 1 is 1.27 bits per heavy atom. The van der Waals surface area contributed by atoms with Gasteiger partial charge in [0.15, 0.2) is 10.3 Å². The Labute approximate surface area is 204 Å². The quantitative estimate of drug-likeness (QED) is 0.178. The van der Waals surface area contributed by atoms with Gasteiger partial charge in [-0.1, -0.05) is 30.0 Å². The number of carbonyl (C=O) groups excluding carboxylic acids is 1. The minimum absolute atomic E-state index is 0.0366. The largest absolute Gasteiger partial charge is 0.283 e. The maximum absolute atomic E-state index is 13.1. The van der Waals surface area contributed by atoms with Crippen molar-refractivity contribution in [3.8, 4) is 0 Å². The molecular formula is C24H24N4O2S3. The molecule has 1 amide bonds. The molecule has 1 aromatic carbocycles. The number of anilines is 2. The van der Waals surface area contributed by atoms with Gasteiger partial charge in [-0.25, -0.2) is 9.97 Å². The van der Waals surface area contributed by atoms with Crippen LogP contribution in [0.5, 0.6) is 0 Å². The number of carbonyl (C=O) groups is 1. The lowest BCUT2D eigenvalue weighted by Crippen LogP contribution is -2.23. The molecule has 0 unspecified atom stereocenters. The number of rotatable bonds is 7. The Kier molecular flexibility index (Phi) is 6.83. The number of hydrogen-bond acceptors (Lipinski definition) is 7. The van der Waals surface area contributed by atoms with E-state index in [9.17, 15) is 9.59 Å². The lowest BCUT2D eigenvalue weighted by Gasteiger charge is -2.18. The van der Waals surface area contributed by atoms with Crippen LogP contribution in [0, 0.1) is 20.8 Å². The summed E-state index contributed by atoms with van der Waals surface area (Å²) in [6.07, 6.45) is 1.71. The molecule has 0 radical (unpaired) electrons. The van der Waals surface area contributed by atoms with E-state index in [4.69, 9.17) is 9.97 Å². The molecule has 0 atom stereocenters. The first-order valence-electron chi connectivity index (χ1n) is 10.4. The minimum Gasteiger partial charge on any atom is -0.283 e. The van der Waals surface area contributed by atoms with E-state index in [2.05, 4.69) is 6.58 Å². The van der Waals surface area contributed by atoms with Crippen molar-refractivity contribution in [2.75, 3.05) is 4.90 Å². The van der Waals surface area contributed by atoms with E-state index < -0.39 is 0 Å². The highest BCUT2D eigenvalue weighted by Crippen LogP contribution is 2.32. The molecule has 0 aliphatic carbocycles. The molecule has 3 heterocycles. The maximum atomic E-state index is 13.1. The highest BCUT2D eigenvalue weighted by atomic mass is 32.2. The van der Waals surface area contributed by atoms with Crippen LogP contribution in [-0.4, -0.2) is 20.4 Å². The molecule has 170 valence electrons. The average molecular weight is 497 g/mol. The molecule has 9 heteroatoms. The van der Waals surface area contributed by atoms with E-state index in [0.717, 1.165) is 32.2 Å². The summed E-state index contributed by atoms with van der Waals surface area (Å²) in [4.78, 5) is 38.5. The molecular weight excluding hydrogens is 472 g/mol. The zero-order valence-electron chi connectivity index (χ0n) is 18.9. The number of thiophene rings is 1.